The maximum Gasteiger partial charge on any atom is 0.289 e. The fourth-order valence-electron chi connectivity index (χ4n) is 3.46. The fraction of sp³-hybridized carbons (Fsp3) is 0.0870. The SMILES string of the molecule is Cc1cc(C)n(/N=C/c2c3ccccc3cc3ccccc23)c(=O)c1C#N. The molecular formula is C23H17N3O. The summed E-state index contributed by atoms with van der Waals surface area (Å²) in [6.07, 6.45) is 1.72. The molecular weight excluding hydrogens is 334 g/mol. The van der Waals surface area contributed by atoms with Gasteiger partial charge in [0.05, 0.1) is 6.21 Å². The van der Waals surface area contributed by atoms with Crippen LogP contribution >= 0.6 is 0 Å². The van der Waals surface area contributed by atoms with E-state index in [2.05, 4.69) is 35.4 Å². The maximum absolute atomic E-state index is 12.6. The monoisotopic (exact) mass is 351 g/mol. The van der Waals surface area contributed by atoms with Crippen LogP contribution in [0.2, 0.25) is 0 Å². The van der Waals surface area contributed by atoms with Crippen LogP contribution in [0.25, 0.3) is 21.5 Å². The second-order valence-corrected chi connectivity index (χ2v) is 6.55. The summed E-state index contributed by atoms with van der Waals surface area (Å²) in [6.45, 7) is 3.58. The Labute approximate surface area is 156 Å². The average Bonchev–Trinajstić information content (AvgIpc) is 2.67. The summed E-state index contributed by atoms with van der Waals surface area (Å²) in [5, 5.41) is 18.1. The van der Waals surface area contributed by atoms with Crippen molar-refractivity contribution in [3.8, 4) is 6.07 Å². The van der Waals surface area contributed by atoms with E-state index in [4.69, 9.17) is 0 Å². The van der Waals surface area contributed by atoms with E-state index in [1.165, 1.54) is 4.68 Å². The zero-order valence-corrected chi connectivity index (χ0v) is 15.1. The molecule has 0 N–H and O–H groups in total. The molecule has 4 rings (SSSR count). The van der Waals surface area contributed by atoms with Gasteiger partial charge in [0.15, 0.2) is 0 Å². The Balaban J connectivity index is 1.99. The van der Waals surface area contributed by atoms with Crippen molar-refractivity contribution in [2.75, 3.05) is 0 Å². The van der Waals surface area contributed by atoms with Crippen molar-refractivity contribution in [3.63, 3.8) is 0 Å². The van der Waals surface area contributed by atoms with Crippen LogP contribution in [-0.2, 0) is 0 Å². The van der Waals surface area contributed by atoms with Crippen molar-refractivity contribution in [2.24, 2.45) is 5.10 Å². The lowest BCUT2D eigenvalue weighted by Crippen LogP contribution is -2.22. The van der Waals surface area contributed by atoms with Gasteiger partial charge < -0.3 is 0 Å². The van der Waals surface area contributed by atoms with Crippen LogP contribution in [-0.4, -0.2) is 10.9 Å². The summed E-state index contributed by atoms with van der Waals surface area (Å²) >= 11 is 0. The minimum atomic E-state index is -0.393. The molecule has 4 nitrogen and oxygen atoms in total. The molecule has 3 aromatic carbocycles. The summed E-state index contributed by atoms with van der Waals surface area (Å²) in [4.78, 5) is 12.6. The van der Waals surface area contributed by atoms with Crippen LogP contribution < -0.4 is 5.56 Å². The van der Waals surface area contributed by atoms with Gasteiger partial charge in [-0.1, -0.05) is 48.5 Å². The van der Waals surface area contributed by atoms with Crippen molar-refractivity contribution in [1.29, 1.82) is 5.26 Å². The van der Waals surface area contributed by atoms with Gasteiger partial charge in [0.1, 0.15) is 11.6 Å². The lowest BCUT2D eigenvalue weighted by Gasteiger charge is -2.09. The van der Waals surface area contributed by atoms with Gasteiger partial charge in [0, 0.05) is 11.3 Å². The third kappa shape index (κ3) is 2.80. The Kier molecular flexibility index (Phi) is 4.06. The number of hydrogen-bond donors (Lipinski definition) is 0. The summed E-state index contributed by atoms with van der Waals surface area (Å²) in [5.74, 6) is 0. The lowest BCUT2D eigenvalue weighted by atomic mass is 9.97. The molecule has 0 aliphatic carbocycles. The molecule has 1 heterocycles. The highest BCUT2D eigenvalue weighted by Crippen LogP contribution is 2.27. The number of aromatic nitrogens is 1. The van der Waals surface area contributed by atoms with E-state index >= 15 is 0 Å². The highest BCUT2D eigenvalue weighted by Gasteiger charge is 2.10. The van der Waals surface area contributed by atoms with Gasteiger partial charge in [0.25, 0.3) is 5.56 Å². The van der Waals surface area contributed by atoms with Crippen molar-refractivity contribution in [1.82, 2.24) is 4.68 Å². The molecule has 0 aliphatic rings. The molecule has 0 amide bonds. The molecule has 0 atom stereocenters. The molecule has 0 saturated carbocycles. The second-order valence-electron chi connectivity index (χ2n) is 6.55. The van der Waals surface area contributed by atoms with Crippen molar-refractivity contribution in [3.05, 3.63) is 93.4 Å². The number of aryl methyl sites for hydroxylation is 2. The molecule has 27 heavy (non-hydrogen) atoms. The number of pyridine rings is 1. The number of benzene rings is 3. The van der Waals surface area contributed by atoms with Gasteiger partial charge in [-0.05, 0) is 53.1 Å². The van der Waals surface area contributed by atoms with Crippen molar-refractivity contribution >= 4 is 27.8 Å². The Morgan fingerprint density at radius 1 is 0.963 bits per heavy atom. The van der Waals surface area contributed by atoms with Crippen LogP contribution in [0.5, 0.6) is 0 Å². The standard InChI is InChI=1S/C23H17N3O/c1-15-11-16(2)26(23(27)21(15)13-24)25-14-22-19-9-5-3-7-17(19)12-18-8-4-6-10-20(18)22/h3-12,14H,1-2H3/b25-14+. The van der Waals surface area contributed by atoms with Gasteiger partial charge in [-0.3, -0.25) is 4.79 Å². The highest BCUT2D eigenvalue weighted by molar-refractivity contribution is 6.13. The maximum atomic E-state index is 12.6. The Morgan fingerprint density at radius 3 is 2.15 bits per heavy atom. The summed E-state index contributed by atoms with van der Waals surface area (Å²) < 4.78 is 1.29. The molecule has 1 aromatic heterocycles. The van der Waals surface area contributed by atoms with Gasteiger partial charge in [0.2, 0.25) is 0 Å². The van der Waals surface area contributed by atoms with Crippen LogP contribution in [0.1, 0.15) is 22.4 Å². The van der Waals surface area contributed by atoms with E-state index in [9.17, 15) is 10.1 Å². The molecule has 0 radical (unpaired) electrons. The Hall–Kier alpha value is -3.71. The van der Waals surface area contributed by atoms with Gasteiger partial charge in [-0.25, -0.2) is 4.68 Å². The third-order valence-electron chi connectivity index (χ3n) is 4.79. The topological polar surface area (TPSA) is 58.1 Å². The molecule has 4 aromatic rings. The third-order valence-corrected chi connectivity index (χ3v) is 4.79. The molecule has 0 aliphatic heterocycles. The van der Waals surface area contributed by atoms with Crippen LogP contribution in [0.15, 0.2) is 70.6 Å². The van der Waals surface area contributed by atoms with Gasteiger partial charge in [-0.2, -0.15) is 10.4 Å². The average molecular weight is 351 g/mol. The predicted molar refractivity (Wildman–Crippen MR) is 109 cm³/mol. The highest BCUT2D eigenvalue weighted by atomic mass is 16.1. The van der Waals surface area contributed by atoms with E-state index in [0.29, 0.717) is 11.3 Å². The largest absolute Gasteiger partial charge is 0.289 e. The smallest absolute Gasteiger partial charge is 0.266 e. The summed E-state index contributed by atoms with van der Waals surface area (Å²) in [6, 6.07) is 22.2. The predicted octanol–water partition coefficient (Wildman–Crippen LogP) is 4.53. The molecule has 0 unspecified atom stereocenters. The number of fused-ring (bicyclic) bond motifs is 2. The van der Waals surface area contributed by atoms with E-state index in [0.717, 1.165) is 27.1 Å². The van der Waals surface area contributed by atoms with Gasteiger partial charge in [-0.15, -0.1) is 0 Å². The fourth-order valence-corrected chi connectivity index (χ4v) is 3.46. The number of nitriles is 1. The minimum Gasteiger partial charge on any atom is -0.266 e. The van der Waals surface area contributed by atoms with Crippen molar-refractivity contribution < 1.29 is 0 Å². The summed E-state index contributed by atoms with van der Waals surface area (Å²) in [5.41, 5.74) is 2.05. The van der Waals surface area contributed by atoms with E-state index in [1.807, 2.05) is 37.3 Å². The number of nitrogens with zero attached hydrogens (tertiary/aromatic N) is 3. The number of hydrogen-bond acceptors (Lipinski definition) is 3. The van der Waals surface area contributed by atoms with E-state index < -0.39 is 5.56 Å². The number of rotatable bonds is 2. The van der Waals surface area contributed by atoms with Crippen LogP contribution in [0.3, 0.4) is 0 Å². The van der Waals surface area contributed by atoms with Crippen molar-refractivity contribution in [2.45, 2.75) is 13.8 Å². The zero-order valence-electron chi connectivity index (χ0n) is 15.1. The van der Waals surface area contributed by atoms with Crippen LogP contribution in [0.4, 0.5) is 0 Å². The molecule has 4 heteroatoms. The summed E-state index contributed by atoms with van der Waals surface area (Å²) in [7, 11) is 0. The van der Waals surface area contributed by atoms with Crippen LogP contribution in [0, 0.1) is 25.2 Å². The minimum absolute atomic E-state index is 0.125. The first kappa shape index (κ1) is 16.7. The molecule has 130 valence electrons. The normalized spacial score (nSPS) is 11.3. The second kappa shape index (κ2) is 6.54. The molecule has 0 fully saturated rings. The first-order chi connectivity index (χ1) is 13.1. The molecule has 0 bridgehead atoms. The van der Waals surface area contributed by atoms with E-state index in [1.54, 1.807) is 19.2 Å². The molecule has 0 saturated heterocycles. The Bertz CT molecular complexity index is 1270. The first-order valence-electron chi connectivity index (χ1n) is 8.68. The first-order valence-corrected chi connectivity index (χ1v) is 8.68. The Morgan fingerprint density at radius 2 is 1.56 bits per heavy atom. The molecule has 0 spiro atoms. The lowest BCUT2D eigenvalue weighted by molar-refractivity contribution is 0.787. The van der Waals surface area contributed by atoms with Gasteiger partial charge >= 0.3 is 0 Å². The quantitative estimate of drug-likeness (QED) is 0.394. The zero-order chi connectivity index (χ0) is 19.0. The van der Waals surface area contributed by atoms with E-state index in [-0.39, 0.29) is 5.56 Å².